The second kappa shape index (κ2) is 7.10. The maximum Gasteiger partial charge on any atom is 0.216 e. The summed E-state index contributed by atoms with van der Waals surface area (Å²) in [6.45, 7) is 1.64. The van der Waals surface area contributed by atoms with Gasteiger partial charge in [0.2, 0.25) is 5.91 Å². The van der Waals surface area contributed by atoms with E-state index in [0.717, 1.165) is 0 Å². The normalized spacial score (nSPS) is 13.4. The summed E-state index contributed by atoms with van der Waals surface area (Å²) in [5.41, 5.74) is 0.740. The molecule has 6 heteroatoms. The van der Waals surface area contributed by atoms with Gasteiger partial charge in [0.1, 0.15) is 6.10 Å². The van der Waals surface area contributed by atoms with Gasteiger partial charge in [-0.05, 0) is 18.6 Å². The Morgan fingerprint density at radius 1 is 1.53 bits per heavy atom. The topological polar surface area (TPSA) is 93.3 Å². The third kappa shape index (κ3) is 4.52. The molecule has 1 rings (SSSR count). The Morgan fingerprint density at radius 2 is 2.21 bits per heavy atom. The molecule has 0 aliphatic rings. The molecule has 1 amide bonds. The minimum Gasteiger partial charge on any atom is -0.390 e. The number of nitriles is 1. The standard InChI is InChI=1S/C13H15ClN2O3/c1-8(17)16-5-4-12(18)13(19)10-3-2-9(7-15)6-11(10)14/h2-3,6,12-13,18-19H,4-5H2,1H3,(H,16,17). The minimum atomic E-state index is -1.16. The second-order valence-electron chi connectivity index (χ2n) is 4.13. The number of hydrogen-bond donors (Lipinski definition) is 3. The first-order valence-electron chi connectivity index (χ1n) is 5.75. The van der Waals surface area contributed by atoms with Gasteiger partial charge in [0.15, 0.2) is 0 Å². The van der Waals surface area contributed by atoms with Crippen LogP contribution in [0.3, 0.4) is 0 Å². The van der Waals surface area contributed by atoms with Gasteiger partial charge in [-0.1, -0.05) is 17.7 Å². The number of halogens is 1. The number of amides is 1. The molecule has 0 heterocycles. The number of hydrogen-bond acceptors (Lipinski definition) is 4. The molecule has 2 atom stereocenters. The molecule has 19 heavy (non-hydrogen) atoms. The number of aliphatic hydroxyl groups is 2. The Labute approximate surface area is 116 Å². The largest absolute Gasteiger partial charge is 0.390 e. The lowest BCUT2D eigenvalue weighted by Gasteiger charge is -2.19. The zero-order valence-electron chi connectivity index (χ0n) is 10.4. The first-order chi connectivity index (χ1) is 8.95. The van der Waals surface area contributed by atoms with Crippen LogP contribution in [-0.4, -0.2) is 28.8 Å². The molecular formula is C13H15ClN2O3. The molecule has 0 spiro atoms. The van der Waals surface area contributed by atoms with E-state index in [4.69, 9.17) is 16.9 Å². The van der Waals surface area contributed by atoms with Crippen molar-refractivity contribution in [3.63, 3.8) is 0 Å². The van der Waals surface area contributed by atoms with Crippen LogP contribution in [0.25, 0.3) is 0 Å². The number of nitrogens with one attached hydrogen (secondary N) is 1. The van der Waals surface area contributed by atoms with Crippen molar-refractivity contribution in [3.8, 4) is 6.07 Å². The van der Waals surface area contributed by atoms with Crippen molar-refractivity contribution >= 4 is 17.5 Å². The predicted molar refractivity (Wildman–Crippen MR) is 70.4 cm³/mol. The fraction of sp³-hybridized carbons (Fsp3) is 0.385. The highest BCUT2D eigenvalue weighted by Crippen LogP contribution is 2.27. The van der Waals surface area contributed by atoms with Crippen molar-refractivity contribution in [3.05, 3.63) is 34.3 Å². The molecule has 0 radical (unpaired) electrons. The van der Waals surface area contributed by atoms with E-state index in [0.29, 0.717) is 11.1 Å². The lowest BCUT2D eigenvalue weighted by Crippen LogP contribution is -2.27. The monoisotopic (exact) mass is 282 g/mol. The molecule has 1 aromatic rings. The van der Waals surface area contributed by atoms with E-state index in [-0.39, 0.29) is 23.9 Å². The number of carbonyl (C=O) groups excluding carboxylic acids is 1. The summed E-state index contributed by atoms with van der Waals surface area (Å²) < 4.78 is 0. The zero-order chi connectivity index (χ0) is 14.4. The molecule has 0 aromatic heterocycles. The van der Waals surface area contributed by atoms with Crippen LogP contribution in [0.2, 0.25) is 5.02 Å². The maximum atomic E-state index is 10.7. The van der Waals surface area contributed by atoms with Gasteiger partial charge >= 0.3 is 0 Å². The fourth-order valence-corrected chi connectivity index (χ4v) is 1.89. The number of benzene rings is 1. The Morgan fingerprint density at radius 3 is 2.74 bits per heavy atom. The highest BCUT2D eigenvalue weighted by atomic mass is 35.5. The average molecular weight is 283 g/mol. The van der Waals surface area contributed by atoms with Crippen LogP contribution in [0, 0.1) is 11.3 Å². The third-order valence-electron chi connectivity index (χ3n) is 2.63. The van der Waals surface area contributed by atoms with Gasteiger partial charge in [-0.3, -0.25) is 4.79 Å². The van der Waals surface area contributed by atoms with E-state index >= 15 is 0 Å². The molecule has 102 valence electrons. The first-order valence-corrected chi connectivity index (χ1v) is 6.13. The van der Waals surface area contributed by atoms with Crippen LogP contribution < -0.4 is 5.32 Å². The van der Waals surface area contributed by atoms with Crippen LogP contribution in [0.4, 0.5) is 0 Å². The Balaban J connectivity index is 2.69. The van der Waals surface area contributed by atoms with Crippen molar-refractivity contribution in [2.45, 2.75) is 25.6 Å². The lowest BCUT2D eigenvalue weighted by molar-refractivity contribution is -0.119. The quantitative estimate of drug-likeness (QED) is 0.755. The van der Waals surface area contributed by atoms with E-state index in [1.165, 1.54) is 25.1 Å². The summed E-state index contributed by atoms with van der Waals surface area (Å²) in [5.74, 6) is -0.196. The summed E-state index contributed by atoms with van der Waals surface area (Å²) in [6, 6.07) is 6.39. The number of rotatable bonds is 5. The molecule has 0 aliphatic heterocycles. The molecule has 0 saturated heterocycles. The number of nitrogens with zero attached hydrogens (tertiary/aromatic N) is 1. The van der Waals surface area contributed by atoms with Gasteiger partial charge in [-0.2, -0.15) is 5.26 Å². The fourth-order valence-electron chi connectivity index (χ4n) is 1.60. The van der Waals surface area contributed by atoms with Crippen LogP contribution >= 0.6 is 11.6 Å². The van der Waals surface area contributed by atoms with Crippen LogP contribution in [-0.2, 0) is 4.79 Å². The molecule has 0 bridgehead atoms. The summed E-state index contributed by atoms with van der Waals surface area (Å²) >= 11 is 5.94. The van der Waals surface area contributed by atoms with E-state index in [9.17, 15) is 15.0 Å². The van der Waals surface area contributed by atoms with Crippen molar-refractivity contribution in [2.75, 3.05) is 6.54 Å². The van der Waals surface area contributed by atoms with Crippen molar-refractivity contribution in [1.82, 2.24) is 5.32 Å². The van der Waals surface area contributed by atoms with Crippen molar-refractivity contribution in [2.24, 2.45) is 0 Å². The predicted octanol–water partition coefficient (Wildman–Crippen LogP) is 1.13. The minimum absolute atomic E-state index is 0.196. The highest BCUT2D eigenvalue weighted by Gasteiger charge is 2.20. The Kier molecular flexibility index (Phi) is 5.77. The summed E-state index contributed by atoms with van der Waals surface area (Å²) in [7, 11) is 0. The molecule has 5 nitrogen and oxygen atoms in total. The Bertz CT molecular complexity index is 499. The second-order valence-corrected chi connectivity index (χ2v) is 4.54. The summed E-state index contributed by atoms with van der Waals surface area (Å²) in [5, 5.41) is 31.2. The molecule has 2 unspecified atom stereocenters. The molecule has 0 aliphatic carbocycles. The molecule has 1 aromatic carbocycles. The third-order valence-corrected chi connectivity index (χ3v) is 2.95. The summed E-state index contributed by atoms with van der Waals surface area (Å²) in [4.78, 5) is 10.7. The van der Waals surface area contributed by atoms with Crippen molar-refractivity contribution in [1.29, 1.82) is 5.26 Å². The molecule has 3 N–H and O–H groups in total. The van der Waals surface area contributed by atoms with Gasteiger partial charge in [0.25, 0.3) is 0 Å². The summed E-state index contributed by atoms with van der Waals surface area (Å²) in [6.07, 6.45) is -2.00. The Hall–Kier alpha value is -1.61. The van der Waals surface area contributed by atoms with Gasteiger partial charge in [-0.25, -0.2) is 0 Å². The SMILES string of the molecule is CC(=O)NCCC(O)C(O)c1ccc(C#N)cc1Cl. The van der Waals surface area contributed by atoms with Crippen LogP contribution in [0.1, 0.15) is 30.6 Å². The zero-order valence-corrected chi connectivity index (χ0v) is 11.2. The van der Waals surface area contributed by atoms with Crippen LogP contribution in [0.15, 0.2) is 18.2 Å². The smallest absolute Gasteiger partial charge is 0.216 e. The molecule has 0 fully saturated rings. The van der Waals surface area contributed by atoms with Gasteiger partial charge in [0.05, 0.1) is 17.7 Å². The van der Waals surface area contributed by atoms with E-state index in [2.05, 4.69) is 5.32 Å². The van der Waals surface area contributed by atoms with E-state index in [1.54, 1.807) is 0 Å². The number of carbonyl (C=O) groups is 1. The highest BCUT2D eigenvalue weighted by molar-refractivity contribution is 6.31. The van der Waals surface area contributed by atoms with Gasteiger partial charge in [-0.15, -0.1) is 0 Å². The number of aliphatic hydroxyl groups excluding tert-OH is 2. The molecular weight excluding hydrogens is 268 g/mol. The van der Waals surface area contributed by atoms with Gasteiger partial charge < -0.3 is 15.5 Å². The lowest BCUT2D eigenvalue weighted by atomic mass is 10.0. The van der Waals surface area contributed by atoms with Crippen molar-refractivity contribution < 1.29 is 15.0 Å². The van der Waals surface area contributed by atoms with E-state index < -0.39 is 12.2 Å². The average Bonchev–Trinajstić information content (AvgIpc) is 2.37. The van der Waals surface area contributed by atoms with Gasteiger partial charge in [0, 0.05) is 24.1 Å². The van der Waals surface area contributed by atoms with E-state index in [1.807, 2.05) is 6.07 Å². The maximum absolute atomic E-state index is 10.7. The molecule has 0 saturated carbocycles. The van der Waals surface area contributed by atoms with Crippen LogP contribution in [0.5, 0.6) is 0 Å². The first kappa shape index (κ1) is 15.4.